The molecule has 2 aromatic heterocycles. The van der Waals surface area contributed by atoms with Crippen molar-refractivity contribution < 1.29 is 24.1 Å². The third kappa shape index (κ3) is 2.82. The molecule has 4 rings (SSSR count). The number of hydrogen-bond acceptors (Lipinski definition) is 6. The number of fused-ring (bicyclic) bond motifs is 3. The van der Waals surface area contributed by atoms with E-state index in [1.807, 2.05) is 13.2 Å². The second-order valence-corrected chi connectivity index (χ2v) is 7.12. The summed E-state index contributed by atoms with van der Waals surface area (Å²) >= 11 is 1.14. The van der Waals surface area contributed by atoms with E-state index in [9.17, 15) is 9.90 Å². The van der Waals surface area contributed by atoms with E-state index >= 15 is 0 Å². The molecule has 0 aliphatic heterocycles. The number of carbonyl (C=O) groups is 1. The zero-order chi connectivity index (χ0) is 19.1. The highest BCUT2D eigenvalue weighted by atomic mass is 32.1. The van der Waals surface area contributed by atoms with E-state index < -0.39 is 5.97 Å². The first kappa shape index (κ1) is 17.4. The van der Waals surface area contributed by atoms with Gasteiger partial charge < -0.3 is 19.3 Å². The van der Waals surface area contributed by atoms with Gasteiger partial charge in [0.1, 0.15) is 10.6 Å². The summed E-state index contributed by atoms with van der Waals surface area (Å²) in [6.07, 6.45) is 3.25. The Kier molecular flexibility index (Phi) is 4.27. The summed E-state index contributed by atoms with van der Waals surface area (Å²) < 4.78 is 18.5. The first-order valence-electron chi connectivity index (χ1n) is 8.33. The Balaban J connectivity index is 1.83. The van der Waals surface area contributed by atoms with Gasteiger partial charge in [-0.2, -0.15) is 5.10 Å². The fraction of sp³-hybridized carbons (Fsp3) is 0.263. The summed E-state index contributed by atoms with van der Waals surface area (Å²) in [4.78, 5) is 12.1. The Morgan fingerprint density at radius 2 is 2.00 bits per heavy atom. The number of aryl methyl sites for hydroxylation is 2. The fourth-order valence-electron chi connectivity index (χ4n) is 3.40. The van der Waals surface area contributed by atoms with Crippen molar-refractivity contribution in [2.24, 2.45) is 7.05 Å². The molecule has 27 heavy (non-hydrogen) atoms. The number of aromatic carboxylic acids is 1. The molecule has 0 spiro atoms. The van der Waals surface area contributed by atoms with Crippen LogP contribution in [0.5, 0.6) is 22.3 Å². The van der Waals surface area contributed by atoms with Gasteiger partial charge in [-0.1, -0.05) is 11.3 Å². The normalized spacial score (nSPS) is 12.3. The van der Waals surface area contributed by atoms with Crippen molar-refractivity contribution in [2.45, 2.75) is 12.8 Å². The van der Waals surface area contributed by atoms with Crippen molar-refractivity contribution in [3.05, 3.63) is 40.4 Å². The minimum absolute atomic E-state index is 0.312. The standard InChI is InChI=1S/C19H18N2O5S/c1-21-16-10(9-20-21)4-6-12-15(16)19(27-17(12)18(22)23)26-11-5-7-13(24-2)14(8-11)25-3/h5,7-9H,4,6H2,1-3H3,(H,22,23). The van der Waals surface area contributed by atoms with Gasteiger partial charge in [0.15, 0.2) is 16.6 Å². The molecule has 3 aromatic rings. The Hall–Kier alpha value is -3.00. The average molecular weight is 386 g/mol. The molecule has 1 aliphatic rings. The van der Waals surface area contributed by atoms with Gasteiger partial charge in [0.25, 0.3) is 0 Å². The lowest BCUT2D eigenvalue weighted by Crippen LogP contribution is -2.08. The average Bonchev–Trinajstić information content (AvgIpc) is 3.22. The van der Waals surface area contributed by atoms with Crippen LogP contribution in [0.25, 0.3) is 11.3 Å². The maximum absolute atomic E-state index is 11.8. The predicted octanol–water partition coefficient (Wildman–Crippen LogP) is 3.75. The van der Waals surface area contributed by atoms with Crippen LogP contribution in [0.15, 0.2) is 24.4 Å². The van der Waals surface area contributed by atoms with Gasteiger partial charge in [0.2, 0.25) is 0 Å². The van der Waals surface area contributed by atoms with E-state index in [-0.39, 0.29) is 0 Å². The molecule has 0 radical (unpaired) electrons. The summed E-state index contributed by atoms with van der Waals surface area (Å²) in [5.41, 5.74) is 3.62. The number of hydrogen-bond donors (Lipinski definition) is 1. The Bertz CT molecular complexity index is 1040. The van der Waals surface area contributed by atoms with Crippen LogP contribution in [0.3, 0.4) is 0 Å². The van der Waals surface area contributed by atoms with Gasteiger partial charge in [0, 0.05) is 13.1 Å². The minimum atomic E-state index is -0.941. The third-order valence-electron chi connectivity index (χ3n) is 4.63. The largest absolute Gasteiger partial charge is 0.493 e. The second-order valence-electron chi connectivity index (χ2n) is 6.14. The molecule has 0 amide bonds. The summed E-state index contributed by atoms with van der Waals surface area (Å²) in [6.45, 7) is 0. The van der Waals surface area contributed by atoms with Crippen LogP contribution in [-0.4, -0.2) is 35.1 Å². The third-order valence-corrected chi connectivity index (χ3v) is 5.73. The van der Waals surface area contributed by atoms with Gasteiger partial charge >= 0.3 is 5.97 Å². The van der Waals surface area contributed by atoms with Crippen molar-refractivity contribution in [1.29, 1.82) is 0 Å². The molecule has 8 heteroatoms. The Morgan fingerprint density at radius 1 is 1.22 bits per heavy atom. The van der Waals surface area contributed by atoms with Gasteiger partial charge in [0.05, 0.1) is 31.7 Å². The van der Waals surface area contributed by atoms with Crippen molar-refractivity contribution in [1.82, 2.24) is 9.78 Å². The number of carboxylic acids is 1. The molecule has 0 bridgehead atoms. The molecule has 1 aromatic carbocycles. The van der Waals surface area contributed by atoms with Crippen LogP contribution in [0, 0.1) is 0 Å². The lowest BCUT2D eigenvalue weighted by atomic mass is 9.92. The van der Waals surface area contributed by atoms with Crippen molar-refractivity contribution in [2.75, 3.05) is 14.2 Å². The summed E-state index contributed by atoms with van der Waals surface area (Å²) in [5.74, 6) is 0.741. The number of methoxy groups -OCH3 is 2. The quantitative estimate of drug-likeness (QED) is 0.719. The van der Waals surface area contributed by atoms with E-state index in [0.717, 1.165) is 40.1 Å². The molecule has 0 saturated heterocycles. The molecule has 7 nitrogen and oxygen atoms in total. The molecule has 140 valence electrons. The van der Waals surface area contributed by atoms with Crippen molar-refractivity contribution >= 4 is 17.3 Å². The van der Waals surface area contributed by atoms with E-state index in [4.69, 9.17) is 14.2 Å². The van der Waals surface area contributed by atoms with Gasteiger partial charge in [-0.05, 0) is 36.1 Å². The molecule has 2 heterocycles. The Labute approximate surface area is 159 Å². The lowest BCUT2D eigenvalue weighted by molar-refractivity contribution is 0.0701. The van der Waals surface area contributed by atoms with Crippen molar-refractivity contribution in [3.63, 3.8) is 0 Å². The highest BCUT2D eigenvalue weighted by Gasteiger charge is 2.31. The summed E-state index contributed by atoms with van der Waals surface area (Å²) in [5, 5.41) is 14.5. The number of nitrogens with zero attached hydrogens (tertiary/aromatic N) is 2. The van der Waals surface area contributed by atoms with E-state index in [1.54, 1.807) is 37.1 Å². The molecule has 0 fully saturated rings. The fourth-order valence-corrected chi connectivity index (χ4v) is 4.46. The molecule has 0 unspecified atom stereocenters. The molecule has 0 saturated carbocycles. The number of thiophene rings is 1. The van der Waals surface area contributed by atoms with Gasteiger partial charge in [-0.3, -0.25) is 4.68 Å². The van der Waals surface area contributed by atoms with Crippen LogP contribution >= 0.6 is 11.3 Å². The zero-order valence-corrected chi connectivity index (χ0v) is 15.9. The van der Waals surface area contributed by atoms with Crippen LogP contribution < -0.4 is 14.2 Å². The van der Waals surface area contributed by atoms with E-state index in [2.05, 4.69) is 5.10 Å². The van der Waals surface area contributed by atoms with Gasteiger partial charge in [-0.25, -0.2) is 4.79 Å². The predicted molar refractivity (Wildman–Crippen MR) is 101 cm³/mol. The van der Waals surface area contributed by atoms with Crippen LogP contribution in [0.4, 0.5) is 0 Å². The maximum atomic E-state index is 11.8. The molecule has 1 N–H and O–H groups in total. The first-order chi connectivity index (χ1) is 13.0. The highest BCUT2D eigenvalue weighted by molar-refractivity contribution is 7.16. The van der Waals surface area contributed by atoms with Gasteiger partial charge in [-0.15, -0.1) is 0 Å². The molecule has 0 atom stereocenters. The maximum Gasteiger partial charge on any atom is 0.346 e. The van der Waals surface area contributed by atoms with Crippen LogP contribution in [0.2, 0.25) is 0 Å². The number of rotatable bonds is 5. The smallest absolute Gasteiger partial charge is 0.346 e. The van der Waals surface area contributed by atoms with E-state index in [1.165, 1.54) is 0 Å². The number of aromatic nitrogens is 2. The topological polar surface area (TPSA) is 82.8 Å². The first-order valence-corrected chi connectivity index (χ1v) is 9.15. The Morgan fingerprint density at radius 3 is 2.70 bits per heavy atom. The summed E-state index contributed by atoms with van der Waals surface area (Å²) in [6, 6.07) is 5.24. The zero-order valence-electron chi connectivity index (χ0n) is 15.1. The minimum Gasteiger partial charge on any atom is -0.493 e. The SMILES string of the molecule is COc1ccc(Oc2sc(C(=O)O)c3c2-c2c(cnn2C)CC3)cc1OC. The molecule has 1 aliphatic carbocycles. The lowest BCUT2D eigenvalue weighted by Gasteiger charge is -2.16. The summed E-state index contributed by atoms with van der Waals surface area (Å²) in [7, 11) is 4.97. The van der Waals surface area contributed by atoms with E-state index in [0.29, 0.717) is 33.6 Å². The number of ether oxygens (including phenoxy) is 3. The van der Waals surface area contributed by atoms with Crippen LogP contribution in [-0.2, 0) is 19.9 Å². The number of benzene rings is 1. The van der Waals surface area contributed by atoms with Crippen LogP contribution in [0.1, 0.15) is 20.8 Å². The highest BCUT2D eigenvalue weighted by Crippen LogP contribution is 2.49. The monoisotopic (exact) mass is 386 g/mol. The molecular weight excluding hydrogens is 368 g/mol. The second kappa shape index (κ2) is 6.62. The number of carboxylic acid groups (broad SMARTS) is 1. The van der Waals surface area contributed by atoms with Crippen molar-refractivity contribution in [3.8, 4) is 33.6 Å². The molecular formula is C19H18N2O5S.